The van der Waals surface area contributed by atoms with Crippen LogP contribution < -0.4 is 10.1 Å². The summed E-state index contributed by atoms with van der Waals surface area (Å²) >= 11 is 0. The number of amides is 1. The first-order chi connectivity index (χ1) is 15.1. The van der Waals surface area contributed by atoms with E-state index in [0.717, 1.165) is 0 Å². The molecule has 2 aromatic heterocycles. The summed E-state index contributed by atoms with van der Waals surface area (Å²) in [6.45, 7) is 4.76. The van der Waals surface area contributed by atoms with Gasteiger partial charge in [-0.3, -0.25) is 9.59 Å². The van der Waals surface area contributed by atoms with E-state index in [1.807, 2.05) is 6.92 Å². The molecule has 1 N–H and O–H groups in total. The number of alkyl halides is 3. The number of aryl methyl sites for hydroxylation is 1. The summed E-state index contributed by atoms with van der Waals surface area (Å²) in [6.07, 6.45) is -3.89. The van der Waals surface area contributed by atoms with Gasteiger partial charge in [-0.05, 0) is 51.0 Å². The van der Waals surface area contributed by atoms with Gasteiger partial charge in [-0.1, -0.05) is 0 Å². The summed E-state index contributed by atoms with van der Waals surface area (Å²) in [5, 5.41) is 3.52. The van der Waals surface area contributed by atoms with Crippen molar-refractivity contribution in [1.82, 2.24) is 19.8 Å². The number of hydrogen-bond donors (Lipinski definition) is 1. The second-order valence-corrected chi connectivity index (χ2v) is 8.45. The predicted molar refractivity (Wildman–Crippen MR) is 110 cm³/mol. The molecule has 32 heavy (non-hydrogen) atoms. The van der Waals surface area contributed by atoms with E-state index in [9.17, 15) is 22.8 Å². The van der Waals surface area contributed by atoms with Crippen molar-refractivity contribution in [2.75, 3.05) is 20.2 Å². The molecular formula is C22H25F3N4O3. The van der Waals surface area contributed by atoms with Crippen LogP contribution in [0.3, 0.4) is 0 Å². The van der Waals surface area contributed by atoms with Crippen molar-refractivity contribution in [3.63, 3.8) is 0 Å². The van der Waals surface area contributed by atoms with E-state index in [-0.39, 0.29) is 24.2 Å². The zero-order chi connectivity index (χ0) is 23.3. The Morgan fingerprint density at radius 1 is 1.19 bits per heavy atom. The number of likely N-dealkylation sites (tertiary alicyclic amines) is 1. The highest BCUT2D eigenvalue weighted by atomic mass is 19.4. The number of pyridine rings is 1. The molecule has 172 valence electrons. The van der Waals surface area contributed by atoms with Gasteiger partial charge in [0.1, 0.15) is 11.4 Å². The van der Waals surface area contributed by atoms with E-state index < -0.39 is 17.5 Å². The Morgan fingerprint density at radius 2 is 1.88 bits per heavy atom. The molecule has 4 heterocycles. The highest BCUT2D eigenvalue weighted by Gasteiger charge is 2.47. The zero-order valence-electron chi connectivity index (χ0n) is 18.1. The molecule has 0 saturated carbocycles. The third-order valence-corrected chi connectivity index (χ3v) is 6.32. The highest BCUT2D eigenvalue weighted by Crippen LogP contribution is 2.39. The third kappa shape index (κ3) is 3.76. The maximum atomic E-state index is 13.1. The van der Waals surface area contributed by atoms with Gasteiger partial charge in [0.05, 0.1) is 24.0 Å². The van der Waals surface area contributed by atoms with Crippen LogP contribution in [0.1, 0.15) is 52.1 Å². The monoisotopic (exact) mass is 450 g/mol. The number of ketones is 1. The maximum Gasteiger partial charge on any atom is 0.456 e. The lowest BCUT2D eigenvalue weighted by molar-refractivity contribution is -0.0891. The summed E-state index contributed by atoms with van der Waals surface area (Å²) in [6, 6.07) is 6.07. The van der Waals surface area contributed by atoms with Gasteiger partial charge in [-0.15, -0.1) is 0 Å². The average molecular weight is 450 g/mol. The smallest absolute Gasteiger partial charge is 0.456 e. The number of carbonyl (C=O) groups is 2. The van der Waals surface area contributed by atoms with Crippen molar-refractivity contribution in [2.45, 2.75) is 51.0 Å². The second-order valence-electron chi connectivity index (χ2n) is 8.45. The molecule has 1 spiro atoms. The van der Waals surface area contributed by atoms with Crippen LogP contribution in [0.15, 0.2) is 24.3 Å². The Labute approximate surface area is 183 Å². The van der Waals surface area contributed by atoms with Crippen molar-refractivity contribution in [1.29, 1.82) is 0 Å². The van der Waals surface area contributed by atoms with Gasteiger partial charge in [0.2, 0.25) is 0 Å². The molecular weight excluding hydrogens is 425 g/mol. The molecule has 2 aliphatic rings. The SMILES string of the molecule is COc1ccc(C(=O)N2CCC3(CC2)N[C@@H](C)Cn2c(C(=O)C(F)(F)F)ccc23)nc1C. The first kappa shape index (κ1) is 22.3. The molecule has 0 aromatic carbocycles. The molecule has 1 fully saturated rings. The number of Topliss-reactive ketones (excluding diaryl/α,β-unsaturated/α-hetero) is 1. The number of piperidine rings is 1. The van der Waals surface area contributed by atoms with Crippen LogP contribution in [0, 0.1) is 6.92 Å². The van der Waals surface area contributed by atoms with Crippen LogP contribution >= 0.6 is 0 Å². The number of aromatic nitrogens is 2. The minimum atomic E-state index is -4.92. The number of ether oxygens (including phenoxy) is 1. The number of nitrogens with zero attached hydrogens (tertiary/aromatic N) is 3. The summed E-state index contributed by atoms with van der Waals surface area (Å²) in [4.78, 5) is 30.9. The van der Waals surface area contributed by atoms with Gasteiger partial charge in [0.15, 0.2) is 0 Å². The molecule has 7 nitrogen and oxygen atoms in total. The number of rotatable bonds is 3. The maximum absolute atomic E-state index is 13.1. The number of methoxy groups -OCH3 is 1. The number of hydrogen-bond acceptors (Lipinski definition) is 5. The Morgan fingerprint density at radius 3 is 2.47 bits per heavy atom. The lowest BCUT2D eigenvalue weighted by Crippen LogP contribution is -2.59. The van der Waals surface area contributed by atoms with Crippen molar-refractivity contribution in [2.24, 2.45) is 0 Å². The van der Waals surface area contributed by atoms with Gasteiger partial charge in [-0.25, -0.2) is 4.98 Å². The van der Waals surface area contributed by atoms with E-state index >= 15 is 0 Å². The van der Waals surface area contributed by atoms with E-state index in [2.05, 4.69) is 10.3 Å². The topological polar surface area (TPSA) is 76.5 Å². The van der Waals surface area contributed by atoms with Crippen molar-refractivity contribution < 1.29 is 27.5 Å². The number of halogens is 3. The van der Waals surface area contributed by atoms with Crippen LogP contribution in [0.25, 0.3) is 0 Å². The highest BCUT2D eigenvalue weighted by molar-refractivity contribution is 5.99. The molecule has 0 unspecified atom stereocenters. The van der Waals surface area contributed by atoms with Crippen molar-refractivity contribution >= 4 is 11.7 Å². The fourth-order valence-corrected chi connectivity index (χ4v) is 4.83. The minimum absolute atomic E-state index is 0.122. The van der Waals surface area contributed by atoms with Gasteiger partial charge in [-0.2, -0.15) is 13.2 Å². The standard InChI is InChI=1S/C22H25F3N4O3/c1-13-12-29-16(19(30)22(23,24)25)5-7-18(29)21(27-13)8-10-28(11-9-21)20(31)15-4-6-17(32-3)14(2)26-15/h4-7,13,27H,8-12H2,1-3H3/t13-/m0/s1. The Balaban J connectivity index is 1.56. The van der Waals surface area contributed by atoms with Crippen molar-refractivity contribution in [3.8, 4) is 5.75 Å². The van der Waals surface area contributed by atoms with Gasteiger partial charge >= 0.3 is 6.18 Å². The van der Waals surface area contributed by atoms with Crippen LogP contribution in [-0.2, 0) is 12.1 Å². The first-order valence-electron chi connectivity index (χ1n) is 10.5. The van der Waals surface area contributed by atoms with Crippen LogP contribution in [0.2, 0.25) is 0 Å². The fraction of sp³-hybridized carbons (Fsp3) is 0.500. The Bertz CT molecular complexity index is 1060. The van der Waals surface area contributed by atoms with Crippen LogP contribution in [0.5, 0.6) is 5.75 Å². The van der Waals surface area contributed by atoms with Crippen LogP contribution in [-0.4, -0.2) is 58.6 Å². The minimum Gasteiger partial charge on any atom is -0.495 e. The number of fused-ring (bicyclic) bond motifs is 2. The predicted octanol–water partition coefficient (Wildman–Crippen LogP) is 3.07. The quantitative estimate of drug-likeness (QED) is 0.728. The van der Waals surface area contributed by atoms with Crippen molar-refractivity contribution in [3.05, 3.63) is 47.0 Å². The lowest BCUT2D eigenvalue weighted by Gasteiger charge is -2.47. The van der Waals surface area contributed by atoms with E-state index in [0.29, 0.717) is 48.8 Å². The third-order valence-electron chi connectivity index (χ3n) is 6.32. The zero-order valence-corrected chi connectivity index (χ0v) is 18.1. The number of nitrogens with one attached hydrogen (secondary N) is 1. The molecule has 1 atom stereocenters. The molecule has 4 rings (SSSR count). The normalized spacial score (nSPS) is 20.2. The Hall–Kier alpha value is -2.88. The molecule has 2 aromatic rings. The first-order valence-corrected chi connectivity index (χ1v) is 10.5. The molecule has 1 saturated heterocycles. The second kappa shape index (κ2) is 7.91. The van der Waals surface area contributed by atoms with E-state index in [1.165, 1.54) is 17.7 Å². The largest absolute Gasteiger partial charge is 0.495 e. The molecule has 1 amide bonds. The van der Waals surface area contributed by atoms with Gasteiger partial charge in [0.25, 0.3) is 11.7 Å². The Kier molecular flexibility index (Phi) is 5.52. The van der Waals surface area contributed by atoms with E-state index in [1.54, 1.807) is 30.0 Å². The van der Waals surface area contributed by atoms with Gasteiger partial charge < -0.3 is 19.5 Å². The molecule has 0 bridgehead atoms. The molecule has 0 aliphatic carbocycles. The molecule has 2 aliphatic heterocycles. The van der Waals surface area contributed by atoms with E-state index in [4.69, 9.17) is 4.74 Å². The number of carbonyl (C=O) groups excluding carboxylic acids is 2. The molecule has 10 heteroatoms. The van der Waals surface area contributed by atoms with Gasteiger partial charge in [0, 0.05) is 31.4 Å². The summed E-state index contributed by atoms with van der Waals surface area (Å²) in [7, 11) is 1.54. The summed E-state index contributed by atoms with van der Waals surface area (Å²) in [5.74, 6) is -1.43. The summed E-state index contributed by atoms with van der Waals surface area (Å²) < 4.78 is 45.8. The van der Waals surface area contributed by atoms with Crippen LogP contribution in [0.4, 0.5) is 13.2 Å². The summed E-state index contributed by atoms with van der Waals surface area (Å²) in [5.41, 5.74) is 0.673. The lowest BCUT2D eigenvalue weighted by atomic mass is 9.82. The fourth-order valence-electron chi connectivity index (χ4n) is 4.83. The average Bonchev–Trinajstić information content (AvgIpc) is 3.16. The molecule has 0 radical (unpaired) electrons.